The van der Waals surface area contributed by atoms with E-state index in [1.807, 2.05) is 54.6 Å². The van der Waals surface area contributed by atoms with E-state index in [2.05, 4.69) is 107 Å². The zero-order chi connectivity index (χ0) is 41.8. The summed E-state index contributed by atoms with van der Waals surface area (Å²) in [5, 5.41) is 59.9. The van der Waals surface area contributed by atoms with Gasteiger partial charge in [0.05, 0.1) is 21.4 Å². The van der Waals surface area contributed by atoms with Gasteiger partial charge in [-0.05, 0) is 60.2 Å². The number of benzene rings is 8. The first-order valence-corrected chi connectivity index (χ1v) is 21.4. The molecule has 12 aromatic rings. The highest BCUT2D eigenvalue weighted by Gasteiger charge is 2.28. The predicted octanol–water partition coefficient (Wildman–Crippen LogP) is 12.9. The van der Waals surface area contributed by atoms with E-state index < -0.39 is 34.3 Å². The average Bonchev–Trinajstić information content (AvgIpc) is 4.00. The van der Waals surface area contributed by atoms with Crippen LogP contribution >= 0.6 is 22.7 Å². The Balaban J connectivity index is 1.08. The molecule has 4 heterocycles. The van der Waals surface area contributed by atoms with E-state index in [1.165, 1.54) is 10.8 Å². The van der Waals surface area contributed by atoms with Crippen LogP contribution in [0.1, 0.15) is 0 Å². The molecule has 0 spiro atoms. The quantitative estimate of drug-likeness (QED) is 0.0851. The van der Waals surface area contributed by atoms with Crippen LogP contribution in [0.15, 0.2) is 152 Å². The number of phenolic OH excluding ortho intramolecular Hbond substituents is 5. The molecule has 0 unspecified atom stereocenters. The number of phenols is 5. The summed E-state index contributed by atoms with van der Waals surface area (Å²) in [6.07, 6.45) is 0. The fraction of sp³-hybridized carbons (Fsp3) is 0. The van der Waals surface area contributed by atoms with Crippen LogP contribution in [0.4, 0.5) is 0 Å². The summed E-state index contributed by atoms with van der Waals surface area (Å²) in [6.45, 7) is 0. The normalized spacial score (nSPS) is 11.9. The van der Waals surface area contributed by atoms with Crippen molar-refractivity contribution in [3.05, 3.63) is 152 Å². The lowest BCUT2D eigenvalue weighted by atomic mass is 10.0. The molecule has 0 aliphatic carbocycles. The molecule has 5 N–H and O–H groups in total. The smallest absolute Gasteiger partial charge is 0.208 e. The number of aromatic hydroxyl groups is 5. The van der Waals surface area contributed by atoms with Crippen LogP contribution in [0, 0.1) is 0 Å². The maximum absolute atomic E-state index is 11.1. The molecule has 0 aliphatic rings. The highest BCUT2D eigenvalue weighted by molar-refractivity contribution is 7.26. The third-order valence-corrected chi connectivity index (χ3v) is 14.0. The summed E-state index contributed by atoms with van der Waals surface area (Å²) in [4.78, 5) is 14.4. The van der Waals surface area contributed by atoms with Crippen LogP contribution in [-0.2, 0) is 0 Å². The molecule has 11 heteroatoms. The molecule has 62 heavy (non-hydrogen) atoms. The summed E-state index contributed by atoms with van der Waals surface area (Å²) < 4.78 is 6.75. The zero-order valence-electron chi connectivity index (χ0n) is 32.3. The number of hydrogen-bond donors (Lipinski definition) is 5. The molecule has 4 aromatic heterocycles. The molecule has 0 fully saturated rings. The molecule has 12 rings (SSSR count). The third-order valence-electron chi connectivity index (χ3n) is 11.6. The summed E-state index contributed by atoms with van der Waals surface area (Å²) in [6, 6.07) is 51.9. The highest BCUT2D eigenvalue weighted by Crippen LogP contribution is 2.54. The van der Waals surface area contributed by atoms with Crippen molar-refractivity contribution in [1.29, 1.82) is 0 Å². The van der Waals surface area contributed by atoms with Gasteiger partial charge in [-0.1, -0.05) is 97.1 Å². The summed E-state index contributed by atoms with van der Waals surface area (Å²) in [5.74, 6) is -4.68. The second kappa shape index (κ2) is 13.5. The lowest BCUT2D eigenvalue weighted by molar-refractivity contribution is 0.329. The Morgan fingerprint density at radius 2 is 0.935 bits per heavy atom. The Bertz CT molecular complexity index is 3810. The van der Waals surface area contributed by atoms with E-state index in [4.69, 9.17) is 9.97 Å². The fourth-order valence-corrected chi connectivity index (χ4v) is 11.0. The van der Waals surface area contributed by atoms with Crippen molar-refractivity contribution in [1.82, 2.24) is 19.5 Å². The Morgan fingerprint density at radius 3 is 1.68 bits per heavy atom. The van der Waals surface area contributed by atoms with Gasteiger partial charge in [0.25, 0.3) is 0 Å². The van der Waals surface area contributed by atoms with E-state index >= 15 is 0 Å². The minimum atomic E-state index is -1.07. The Morgan fingerprint density at radius 1 is 0.387 bits per heavy atom. The Kier molecular flexibility index (Phi) is 7.83. The van der Waals surface area contributed by atoms with E-state index in [0.29, 0.717) is 11.1 Å². The number of hydrogen-bond acceptors (Lipinski definition) is 10. The molecular formula is C51H30N4O5S2. The second-order valence-corrected chi connectivity index (χ2v) is 17.3. The van der Waals surface area contributed by atoms with Gasteiger partial charge in [-0.15, -0.1) is 22.7 Å². The maximum atomic E-state index is 11.1. The average molecular weight is 843 g/mol. The lowest BCUT2D eigenvalue weighted by Crippen LogP contribution is -2.01. The van der Waals surface area contributed by atoms with Crippen molar-refractivity contribution in [2.75, 3.05) is 0 Å². The number of thiophene rings is 2. The highest BCUT2D eigenvalue weighted by atomic mass is 32.1. The minimum Gasteiger partial charge on any atom is -0.504 e. The van der Waals surface area contributed by atoms with Crippen LogP contribution in [-0.4, -0.2) is 45.1 Å². The van der Waals surface area contributed by atoms with Crippen LogP contribution < -0.4 is 0 Å². The fourth-order valence-electron chi connectivity index (χ4n) is 8.73. The van der Waals surface area contributed by atoms with Crippen molar-refractivity contribution in [3.63, 3.8) is 0 Å². The van der Waals surface area contributed by atoms with Crippen LogP contribution in [0.25, 0.3) is 113 Å². The first-order valence-electron chi connectivity index (χ1n) is 19.7. The van der Waals surface area contributed by atoms with Gasteiger partial charge in [0.15, 0.2) is 29.0 Å². The van der Waals surface area contributed by atoms with E-state index in [0.717, 1.165) is 68.2 Å². The van der Waals surface area contributed by atoms with Crippen molar-refractivity contribution < 1.29 is 25.5 Å². The van der Waals surface area contributed by atoms with E-state index in [-0.39, 0.29) is 17.5 Å². The van der Waals surface area contributed by atoms with Gasteiger partial charge >= 0.3 is 0 Å². The summed E-state index contributed by atoms with van der Waals surface area (Å²) in [5.41, 5.74) is 6.37. The first-order chi connectivity index (χ1) is 30.3. The zero-order valence-corrected chi connectivity index (χ0v) is 33.9. The van der Waals surface area contributed by atoms with Crippen LogP contribution in [0.3, 0.4) is 0 Å². The maximum Gasteiger partial charge on any atom is 0.208 e. The molecule has 0 aliphatic heterocycles. The molecule has 0 saturated heterocycles. The van der Waals surface area contributed by atoms with Gasteiger partial charge in [0, 0.05) is 63.1 Å². The number of para-hydroxylation sites is 2. The molecule has 0 atom stereocenters. The van der Waals surface area contributed by atoms with E-state index in [9.17, 15) is 25.5 Å². The Hall–Kier alpha value is -7.99. The molecular weight excluding hydrogens is 813 g/mol. The van der Waals surface area contributed by atoms with Crippen LogP contribution in [0.2, 0.25) is 0 Å². The van der Waals surface area contributed by atoms with Gasteiger partial charge in [0.1, 0.15) is 5.56 Å². The topological polar surface area (TPSA) is 145 Å². The molecule has 9 nitrogen and oxygen atoms in total. The molecule has 296 valence electrons. The minimum absolute atomic E-state index is 0.221. The Labute approximate surface area is 359 Å². The monoisotopic (exact) mass is 842 g/mol. The molecule has 0 saturated carbocycles. The molecule has 0 amide bonds. The number of fused-ring (bicyclic) bond motifs is 9. The van der Waals surface area contributed by atoms with Gasteiger partial charge < -0.3 is 30.1 Å². The molecule has 8 aromatic carbocycles. The summed E-state index contributed by atoms with van der Waals surface area (Å²) in [7, 11) is 0. The van der Waals surface area contributed by atoms with Crippen molar-refractivity contribution in [2.24, 2.45) is 0 Å². The predicted molar refractivity (Wildman–Crippen MR) is 250 cm³/mol. The molecule has 0 bridgehead atoms. The number of nitrogens with zero attached hydrogens (tertiary/aromatic N) is 4. The van der Waals surface area contributed by atoms with Gasteiger partial charge in [-0.2, -0.15) is 0 Å². The van der Waals surface area contributed by atoms with Gasteiger partial charge in [0.2, 0.25) is 17.2 Å². The lowest BCUT2D eigenvalue weighted by Gasteiger charge is -2.13. The first kappa shape index (κ1) is 35.9. The van der Waals surface area contributed by atoms with Crippen molar-refractivity contribution >= 4 is 84.8 Å². The third kappa shape index (κ3) is 5.29. The van der Waals surface area contributed by atoms with Crippen molar-refractivity contribution in [3.8, 4) is 79.7 Å². The van der Waals surface area contributed by atoms with Gasteiger partial charge in [-0.25, -0.2) is 15.0 Å². The SMILES string of the molecule is Oc1c(O)c(O)c(-c2nc(-c3ccc4sc5ccccc5c4c3)nc(-c3ccc4sc5c(-n6c7ccccc7c7cccc(-c8ccccc8)c76)cccc5c4c3)n2)c(O)c1O. The van der Waals surface area contributed by atoms with Crippen LogP contribution in [0.5, 0.6) is 28.7 Å². The largest absolute Gasteiger partial charge is 0.504 e. The molecule has 0 radical (unpaired) electrons. The van der Waals surface area contributed by atoms with Gasteiger partial charge in [-0.3, -0.25) is 0 Å². The number of rotatable bonds is 5. The van der Waals surface area contributed by atoms with Crippen molar-refractivity contribution in [2.45, 2.75) is 0 Å². The summed E-state index contributed by atoms with van der Waals surface area (Å²) >= 11 is 3.38. The second-order valence-electron chi connectivity index (χ2n) is 15.1. The number of aromatic nitrogens is 4. The van der Waals surface area contributed by atoms with E-state index in [1.54, 1.807) is 22.7 Å². The standard InChI is InChI=1S/C51H30N4O5S2/c56-43-41(44(57)46(59)47(60)45(43)58)51-53-49(27-20-22-39-34(24-27)31-13-5-7-19-38(31)61-39)52-50(54-51)28-21-23-40-35(25-28)33-16-9-18-37(48(33)62-40)55-36-17-6-4-12-30(36)32-15-8-14-29(42(32)55)26-10-2-1-3-11-26/h1-25,56-60H.